The van der Waals surface area contributed by atoms with Crippen molar-refractivity contribution in [3.05, 3.63) is 75.7 Å². The Bertz CT molecular complexity index is 1230. The molecule has 0 aliphatic carbocycles. The maximum atomic E-state index is 14.2. The number of benzene rings is 2. The number of hydrogen-bond acceptors (Lipinski definition) is 7. The minimum absolute atomic E-state index is 0.0172. The van der Waals surface area contributed by atoms with Crippen LogP contribution in [0.2, 0.25) is 5.02 Å². The number of nitrogens with zero attached hydrogens (tertiary/aromatic N) is 4. The van der Waals surface area contributed by atoms with Gasteiger partial charge in [0.2, 0.25) is 5.95 Å². The molecule has 2 N–H and O–H groups in total. The normalized spacial score (nSPS) is 14.5. The lowest BCUT2D eigenvalue weighted by Crippen LogP contribution is -2.37. The van der Waals surface area contributed by atoms with E-state index in [0.717, 1.165) is 18.3 Å². The van der Waals surface area contributed by atoms with Gasteiger partial charge >= 0.3 is 6.18 Å². The van der Waals surface area contributed by atoms with Crippen molar-refractivity contribution in [2.45, 2.75) is 12.6 Å². The van der Waals surface area contributed by atoms with Gasteiger partial charge < -0.3 is 14.7 Å². The Morgan fingerprint density at radius 3 is 2.69 bits per heavy atom. The number of rotatable bonds is 6. The van der Waals surface area contributed by atoms with E-state index in [-0.39, 0.29) is 34.5 Å². The SMILES string of the molecule is Oc1c(Cl)cc(Cc2cccc(C(F)(F)F)c2)cc1/C=N\Nc1ncc(F)c(N2CCOCC2)n1. The molecule has 1 aromatic heterocycles. The summed E-state index contributed by atoms with van der Waals surface area (Å²) in [5, 5.41) is 14.3. The first kappa shape index (κ1) is 24.7. The molecular weight excluding hydrogens is 490 g/mol. The molecule has 7 nitrogen and oxygen atoms in total. The number of hydrazone groups is 1. The third-order valence-electron chi connectivity index (χ3n) is 5.22. The van der Waals surface area contributed by atoms with Gasteiger partial charge in [-0.05, 0) is 35.7 Å². The van der Waals surface area contributed by atoms with E-state index in [2.05, 4.69) is 20.5 Å². The highest BCUT2D eigenvalue weighted by Gasteiger charge is 2.30. The van der Waals surface area contributed by atoms with E-state index in [1.54, 1.807) is 17.0 Å². The molecule has 0 saturated carbocycles. The van der Waals surface area contributed by atoms with Gasteiger partial charge in [-0.3, -0.25) is 0 Å². The second-order valence-corrected chi connectivity index (χ2v) is 8.13. The van der Waals surface area contributed by atoms with E-state index in [1.165, 1.54) is 18.3 Å². The van der Waals surface area contributed by atoms with Crippen LogP contribution in [-0.4, -0.2) is 47.6 Å². The summed E-state index contributed by atoms with van der Waals surface area (Å²) in [5.74, 6) is -0.669. The van der Waals surface area contributed by atoms with Gasteiger partial charge in [0.25, 0.3) is 0 Å². The molecule has 1 aliphatic heterocycles. The Kier molecular flexibility index (Phi) is 7.37. The van der Waals surface area contributed by atoms with Gasteiger partial charge in [0.1, 0.15) is 5.75 Å². The van der Waals surface area contributed by atoms with Crippen molar-refractivity contribution in [1.29, 1.82) is 0 Å². The van der Waals surface area contributed by atoms with Crippen LogP contribution in [0.25, 0.3) is 0 Å². The maximum absolute atomic E-state index is 14.2. The first-order valence-corrected chi connectivity index (χ1v) is 10.9. The molecule has 1 fully saturated rings. The maximum Gasteiger partial charge on any atom is 0.416 e. The zero-order valence-electron chi connectivity index (χ0n) is 18.2. The number of phenols is 1. The monoisotopic (exact) mass is 509 g/mol. The van der Waals surface area contributed by atoms with Crippen LogP contribution in [0.3, 0.4) is 0 Å². The van der Waals surface area contributed by atoms with Gasteiger partial charge in [0.15, 0.2) is 11.6 Å². The molecule has 35 heavy (non-hydrogen) atoms. The van der Waals surface area contributed by atoms with Crippen LogP contribution >= 0.6 is 11.6 Å². The van der Waals surface area contributed by atoms with Crippen LogP contribution in [0.4, 0.5) is 29.3 Å². The zero-order valence-corrected chi connectivity index (χ0v) is 18.9. The van der Waals surface area contributed by atoms with E-state index in [1.807, 2.05) is 0 Å². The second-order valence-electron chi connectivity index (χ2n) is 7.72. The number of nitrogens with one attached hydrogen (secondary N) is 1. The summed E-state index contributed by atoms with van der Waals surface area (Å²) in [7, 11) is 0. The van der Waals surface area contributed by atoms with Crippen molar-refractivity contribution in [3.63, 3.8) is 0 Å². The van der Waals surface area contributed by atoms with Crippen LogP contribution in [-0.2, 0) is 17.3 Å². The first-order valence-electron chi connectivity index (χ1n) is 10.5. The van der Waals surface area contributed by atoms with Crippen molar-refractivity contribution in [3.8, 4) is 5.75 Å². The predicted molar refractivity (Wildman–Crippen MR) is 124 cm³/mol. The smallest absolute Gasteiger partial charge is 0.416 e. The fourth-order valence-corrected chi connectivity index (χ4v) is 3.79. The Hall–Kier alpha value is -3.44. The number of alkyl halides is 3. The average Bonchev–Trinajstić information content (AvgIpc) is 2.83. The molecule has 1 saturated heterocycles. The van der Waals surface area contributed by atoms with Gasteiger partial charge in [0, 0.05) is 18.7 Å². The highest BCUT2D eigenvalue weighted by Crippen LogP contribution is 2.32. The Balaban J connectivity index is 1.50. The van der Waals surface area contributed by atoms with E-state index >= 15 is 0 Å². The van der Waals surface area contributed by atoms with Crippen LogP contribution in [0.5, 0.6) is 5.75 Å². The average molecular weight is 510 g/mol. The third kappa shape index (κ3) is 6.17. The molecule has 184 valence electrons. The number of aromatic hydroxyl groups is 1. The van der Waals surface area contributed by atoms with Crippen LogP contribution in [0.1, 0.15) is 22.3 Å². The number of ether oxygens (including phenoxy) is 1. The Morgan fingerprint density at radius 2 is 1.94 bits per heavy atom. The van der Waals surface area contributed by atoms with Crippen molar-refractivity contribution in [2.75, 3.05) is 36.6 Å². The molecule has 12 heteroatoms. The number of morpholine rings is 1. The topological polar surface area (TPSA) is 82.9 Å². The zero-order chi connectivity index (χ0) is 25.0. The molecule has 3 aromatic rings. The molecule has 2 heterocycles. The summed E-state index contributed by atoms with van der Waals surface area (Å²) < 4.78 is 58.4. The predicted octanol–water partition coefficient (Wildman–Crippen LogP) is 4.87. The second kappa shape index (κ2) is 10.4. The fraction of sp³-hybridized carbons (Fsp3) is 0.261. The fourth-order valence-electron chi connectivity index (χ4n) is 3.54. The molecule has 0 atom stereocenters. The number of aromatic nitrogens is 2. The van der Waals surface area contributed by atoms with Gasteiger partial charge in [-0.1, -0.05) is 29.8 Å². The standard InChI is InChI=1S/C23H20ClF4N5O2/c24-18-11-15(8-14-2-1-3-17(10-14)23(26,27)28)9-16(20(18)34)12-30-32-22-29-13-19(25)21(31-22)33-4-6-35-7-5-33/h1-3,9-13,34H,4-8H2,(H,29,31,32)/b30-12-. The molecule has 2 aromatic carbocycles. The van der Waals surface area contributed by atoms with Gasteiger partial charge in [-0.2, -0.15) is 23.3 Å². The molecule has 0 unspecified atom stereocenters. The number of hydrogen-bond donors (Lipinski definition) is 2. The van der Waals surface area contributed by atoms with Gasteiger partial charge in [-0.25, -0.2) is 14.8 Å². The highest BCUT2D eigenvalue weighted by atomic mass is 35.5. The number of halogens is 5. The third-order valence-corrected chi connectivity index (χ3v) is 5.51. The molecule has 0 radical (unpaired) electrons. The first-order chi connectivity index (χ1) is 16.7. The van der Waals surface area contributed by atoms with E-state index in [4.69, 9.17) is 16.3 Å². The lowest BCUT2D eigenvalue weighted by atomic mass is 10.0. The van der Waals surface area contributed by atoms with Crippen LogP contribution in [0, 0.1) is 5.82 Å². The molecule has 0 amide bonds. The minimum atomic E-state index is -4.45. The number of phenolic OH excluding ortho intramolecular Hbond substituents is 1. The van der Waals surface area contributed by atoms with E-state index in [0.29, 0.717) is 37.4 Å². The van der Waals surface area contributed by atoms with Crippen LogP contribution < -0.4 is 10.3 Å². The van der Waals surface area contributed by atoms with E-state index in [9.17, 15) is 22.7 Å². The van der Waals surface area contributed by atoms with Crippen LogP contribution in [0.15, 0.2) is 47.7 Å². The quantitative estimate of drug-likeness (QED) is 0.280. The van der Waals surface area contributed by atoms with Gasteiger partial charge in [0.05, 0.1) is 36.2 Å². The molecule has 0 bridgehead atoms. The number of anilines is 2. The molecule has 4 rings (SSSR count). The summed E-state index contributed by atoms with van der Waals surface area (Å²) >= 11 is 6.12. The minimum Gasteiger partial charge on any atom is -0.506 e. The summed E-state index contributed by atoms with van der Waals surface area (Å²) in [4.78, 5) is 9.74. The highest BCUT2D eigenvalue weighted by molar-refractivity contribution is 6.32. The molecule has 0 spiro atoms. The lowest BCUT2D eigenvalue weighted by Gasteiger charge is -2.27. The van der Waals surface area contributed by atoms with Crippen molar-refractivity contribution in [2.24, 2.45) is 5.10 Å². The van der Waals surface area contributed by atoms with Crippen molar-refractivity contribution >= 4 is 29.6 Å². The summed E-state index contributed by atoms with van der Waals surface area (Å²) in [6.07, 6.45) is -2.00. The largest absolute Gasteiger partial charge is 0.506 e. The van der Waals surface area contributed by atoms with Crippen molar-refractivity contribution < 1.29 is 27.4 Å². The Morgan fingerprint density at radius 1 is 1.17 bits per heavy atom. The summed E-state index contributed by atoms with van der Waals surface area (Å²) in [6.45, 7) is 1.89. The van der Waals surface area contributed by atoms with Gasteiger partial charge in [-0.15, -0.1) is 0 Å². The Labute approximate surface area is 203 Å². The summed E-state index contributed by atoms with van der Waals surface area (Å²) in [6, 6.07) is 7.99. The molecular formula is C23H20ClF4N5O2. The molecule has 1 aliphatic rings. The van der Waals surface area contributed by atoms with Crippen molar-refractivity contribution in [1.82, 2.24) is 9.97 Å². The summed E-state index contributed by atoms with van der Waals surface area (Å²) in [5.41, 5.74) is 3.06. The van der Waals surface area contributed by atoms with E-state index < -0.39 is 17.6 Å². The lowest BCUT2D eigenvalue weighted by molar-refractivity contribution is -0.137.